The maximum absolute atomic E-state index is 11.2. The Morgan fingerprint density at radius 2 is 1.21 bits per heavy atom. The van der Waals surface area contributed by atoms with Gasteiger partial charge in [0.2, 0.25) is 0 Å². The Morgan fingerprint density at radius 1 is 0.708 bits per heavy atom. The summed E-state index contributed by atoms with van der Waals surface area (Å²) in [4.78, 5) is 22.2. The summed E-state index contributed by atoms with van der Waals surface area (Å²) in [5, 5.41) is 0. The van der Waals surface area contributed by atoms with Crippen LogP contribution in [-0.2, 0) is 19.1 Å². The Bertz CT molecular complexity index is 337. The highest BCUT2D eigenvalue weighted by Crippen LogP contribution is 2.12. The fourth-order valence-electron chi connectivity index (χ4n) is 2.55. The number of hydrogen-bond acceptors (Lipinski definition) is 4. The highest BCUT2D eigenvalue weighted by Gasteiger charge is 2.00. The lowest BCUT2D eigenvalue weighted by Crippen LogP contribution is -2.03. The number of unbranched alkanes of at least 4 members (excludes halogenated alkanes) is 10. The van der Waals surface area contributed by atoms with Crippen LogP contribution in [-0.4, -0.2) is 25.2 Å². The van der Waals surface area contributed by atoms with E-state index in [-0.39, 0.29) is 11.9 Å². The molecule has 4 nitrogen and oxygen atoms in total. The monoisotopic (exact) mass is 340 g/mol. The summed E-state index contributed by atoms with van der Waals surface area (Å²) in [6.07, 6.45) is 17.1. The van der Waals surface area contributed by atoms with Gasteiger partial charge in [-0.1, -0.05) is 57.4 Å². The van der Waals surface area contributed by atoms with Crippen molar-refractivity contribution < 1.29 is 19.1 Å². The summed E-state index contributed by atoms with van der Waals surface area (Å²) >= 11 is 0. The van der Waals surface area contributed by atoms with Gasteiger partial charge in [-0.15, -0.1) is 0 Å². The molecule has 0 aliphatic carbocycles. The van der Waals surface area contributed by atoms with E-state index in [2.05, 4.69) is 0 Å². The van der Waals surface area contributed by atoms with Gasteiger partial charge < -0.3 is 9.47 Å². The van der Waals surface area contributed by atoms with Gasteiger partial charge in [0.05, 0.1) is 13.2 Å². The maximum Gasteiger partial charge on any atom is 0.330 e. The molecule has 0 aromatic rings. The predicted octanol–water partition coefficient (Wildman–Crippen LogP) is 5.35. The van der Waals surface area contributed by atoms with Crippen molar-refractivity contribution in [3.05, 3.63) is 12.2 Å². The molecule has 24 heavy (non-hydrogen) atoms. The summed E-state index contributed by atoms with van der Waals surface area (Å²) in [5.74, 6) is -0.297. The number of carbonyl (C=O) groups is 2. The molecule has 0 rings (SSSR count). The van der Waals surface area contributed by atoms with Crippen LogP contribution in [0.2, 0.25) is 0 Å². The second-order valence-electron chi connectivity index (χ2n) is 6.03. The molecule has 0 saturated carbocycles. The average molecular weight is 341 g/mol. The Balaban J connectivity index is 3.18. The lowest BCUT2D eigenvalue weighted by molar-refractivity contribution is -0.143. The van der Waals surface area contributed by atoms with Crippen molar-refractivity contribution in [2.75, 3.05) is 13.2 Å². The van der Waals surface area contributed by atoms with E-state index in [0.29, 0.717) is 19.6 Å². The number of esters is 2. The highest BCUT2D eigenvalue weighted by molar-refractivity contribution is 5.81. The van der Waals surface area contributed by atoms with E-state index < -0.39 is 0 Å². The Labute approximate surface area is 148 Å². The van der Waals surface area contributed by atoms with Crippen LogP contribution in [0, 0.1) is 0 Å². The second kappa shape index (κ2) is 18.0. The molecule has 0 fully saturated rings. The zero-order chi connectivity index (χ0) is 17.9. The minimum Gasteiger partial charge on any atom is -0.466 e. The van der Waals surface area contributed by atoms with Gasteiger partial charge in [0.1, 0.15) is 0 Å². The number of allylic oxidation sites excluding steroid dienone is 1. The topological polar surface area (TPSA) is 52.6 Å². The van der Waals surface area contributed by atoms with Gasteiger partial charge in [-0.25, -0.2) is 4.79 Å². The van der Waals surface area contributed by atoms with Gasteiger partial charge in [0.15, 0.2) is 0 Å². The largest absolute Gasteiger partial charge is 0.466 e. The molecule has 0 saturated heterocycles. The van der Waals surface area contributed by atoms with E-state index in [9.17, 15) is 9.59 Å². The van der Waals surface area contributed by atoms with Gasteiger partial charge in [0.25, 0.3) is 0 Å². The number of hydrogen-bond donors (Lipinski definition) is 0. The molecule has 0 radical (unpaired) electrons. The first-order chi connectivity index (χ1) is 11.7. The lowest BCUT2D eigenvalue weighted by atomic mass is 10.1. The highest BCUT2D eigenvalue weighted by atomic mass is 16.5. The third-order valence-electron chi connectivity index (χ3n) is 3.85. The summed E-state index contributed by atoms with van der Waals surface area (Å²) in [6.45, 7) is 4.59. The van der Waals surface area contributed by atoms with E-state index in [1.807, 2.05) is 19.9 Å². The van der Waals surface area contributed by atoms with Crippen LogP contribution in [0.4, 0.5) is 0 Å². The molecular formula is C20H36O4. The van der Waals surface area contributed by atoms with Crippen LogP contribution in [0.1, 0.15) is 90.9 Å². The summed E-state index contributed by atoms with van der Waals surface area (Å²) in [6, 6.07) is 0. The first kappa shape index (κ1) is 22.7. The predicted molar refractivity (Wildman–Crippen MR) is 97.8 cm³/mol. The summed E-state index contributed by atoms with van der Waals surface area (Å²) in [5.41, 5.74) is 0. The molecule has 0 heterocycles. The standard InChI is InChI=1S/C20H36O4/c1-3-23-19(21)17-15-13-11-9-7-5-6-8-10-12-14-16-18-20(22)24-4-2/h15,17H,3-14,16,18H2,1-2H3/b17-15+. The summed E-state index contributed by atoms with van der Waals surface area (Å²) < 4.78 is 9.73. The molecule has 0 spiro atoms. The van der Waals surface area contributed by atoms with Gasteiger partial charge in [0, 0.05) is 12.5 Å². The number of ether oxygens (including phenoxy) is 2. The van der Waals surface area contributed by atoms with Crippen molar-refractivity contribution >= 4 is 11.9 Å². The third kappa shape index (κ3) is 17.0. The second-order valence-corrected chi connectivity index (χ2v) is 6.03. The lowest BCUT2D eigenvalue weighted by Gasteiger charge is -2.03. The first-order valence-electron chi connectivity index (χ1n) is 9.69. The molecule has 0 aliphatic rings. The normalized spacial score (nSPS) is 10.9. The SMILES string of the molecule is CCOC(=O)/C=C/CCCCCCCCCCCCC(=O)OCC. The molecule has 140 valence electrons. The molecule has 0 aromatic heterocycles. The van der Waals surface area contributed by atoms with Crippen LogP contribution in [0.5, 0.6) is 0 Å². The Kier molecular flexibility index (Phi) is 17.0. The minimum absolute atomic E-state index is 0.0606. The molecule has 0 bridgehead atoms. The van der Waals surface area contributed by atoms with E-state index in [1.54, 1.807) is 0 Å². The van der Waals surface area contributed by atoms with Crippen LogP contribution >= 0.6 is 0 Å². The molecule has 0 unspecified atom stereocenters. The van der Waals surface area contributed by atoms with E-state index in [1.165, 1.54) is 51.0 Å². The summed E-state index contributed by atoms with van der Waals surface area (Å²) in [7, 11) is 0. The molecular weight excluding hydrogens is 304 g/mol. The van der Waals surface area contributed by atoms with Crippen LogP contribution in [0.25, 0.3) is 0 Å². The molecule has 0 amide bonds. The van der Waals surface area contributed by atoms with Gasteiger partial charge >= 0.3 is 11.9 Å². The van der Waals surface area contributed by atoms with Gasteiger partial charge in [-0.05, 0) is 33.1 Å². The fraction of sp³-hybridized carbons (Fsp3) is 0.800. The maximum atomic E-state index is 11.2. The Hall–Kier alpha value is -1.32. The van der Waals surface area contributed by atoms with E-state index >= 15 is 0 Å². The van der Waals surface area contributed by atoms with Crippen molar-refractivity contribution in [2.45, 2.75) is 90.9 Å². The van der Waals surface area contributed by atoms with Crippen molar-refractivity contribution in [1.82, 2.24) is 0 Å². The zero-order valence-corrected chi connectivity index (χ0v) is 15.7. The molecule has 0 atom stereocenters. The first-order valence-corrected chi connectivity index (χ1v) is 9.69. The zero-order valence-electron chi connectivity index (χ0n) is 15.7. The molecule has 0 aliphatic heterocycles. The van der Waals surface area contributed by atoms with Crippen LogP contribution in [0.3, 0.4) is 0 Å². The van der Waals surface area contributed by atoms with E-state index in [0.717, 1.165) is 25.7 Å². The van der Waals surface area contributed by atoms with Gasteiger partial charge in [-0.2, -0.15) is 0 Å². The number of carbonyl (C=O) groups excluding carboxylic acids is 2. The molecule has 0 aromatic carbocycles. The quantitative estimate of drug-likeness (QED) is 0.216. The van der Waals surface area contributed by atoms with Crippen molar-refractivity contribution in [2.24, 2.45) is 0 Å². The third-order valence-corrected chi connectivity index (χ3v) is 3.85. The van der Waals surface area contributed by atoms with Crippen LogP contribution in [0.15, 0.2) is 12.2 Å². The van der Waals surface area contributed by atoms with Gasteiger partial charge in [-0.3, -0.25) is 4.79 Å². The molecule has 0 N–H and O–H groups in total. The van der Waals surface area contributed by atoms with Crippen molar-refractivity contribution in [3.63, 3.8) is 0 Å². The number of rotatable bonds is 16. The fourth-order valence-corrected chi connectivity index (χ4v) is 2.55. The minimum atomic E-state index is -0.236. The molecule has 4 heteroatoms. The van der Waals surface area contributed by atoms with Crippen molar-refractivity contribution in [1.29, 1.82) is 0 Å². The Morgan fingerprint density at radius 3 is 1.75 bits per heavy atom. The smallest absolute Gasteiger partial charge is 0.330 e. The van der Waals surface area contributed by atoms with Crippen molar-refractivity contribution in [3.8, 4) is 0 Å². The van der Waals surface area contributed by atoms with E-state index in [4.69, 9.17) is 9.47 Å². The van der Waals surface area contributed by atoms with Crippen LogP contribution < -0.4 is 0 Å². The average Bonchev–Trinajstić information content (AvgIpc) is 2.55.